The van der Waals surface area contributed by atoms with Crippen LogP contribution in [-0.2, 0) is 4.74 Å². The maximum atomic E-state index is 12.0. The fourth-order valence-electron chi connectivity index (χ4n) is 1.63. The van der Waals surface area contributed by atoms with Gasteiger partial charge in [0, 0.05) is 0 Å². The van der Waals surface area contributed by atoms with Crippen LogP contribution in [-0.4, -0.2) is 24.2 Å². The van der Waals surface area contributed by atoms with Crippen molar-refractivity contribution in [2.45, 2.75) is 0 Å². The molecule has 10 heteroatoms. The Morgan fingerprint density at radius 3 is 2.29 bits per heavy atom. The van der Waals surface area contributed by atoms with E-state index in [1.807, 2.05) is 0 Å². The van der Waals surface area contributed by atoms with Crippen molar-refractivity contribution in [2.24, 2.45) is 0 Å². The number of benzene rings is 1. The Morgan fingerprint density at radius 2 is 1.67 bits per heavy atom. The minimum atomic E-state index is -0.820. The Morgan fingerprint density at radius 1 is 1.04 bits per heavy atom. The molecule has 0 saturated heterocycles. The van der Waals surface area contributed by atoms with Crippen molar-refractivity contribution >= 4 is 69.7 Å². The summed E-state index contributed by atoms with van der Waals surface area (Å²) in [6.45, 7) is -0.0812. The van der Waals surface area contributed by atoms with E-state index in [2.05, 4.69) is 4.98 Å². The first-order chi connectivity index (χ1) is 11.3. The van der Waals surface area contributed by atoms with E-state index in [0.717, 1.165) is 0 Å². The number of esters is 1. The van der Waals surface area contributed by atoms with E-state index in [1.165, 1.54) is 0 Å². The van der Waals surface area contributed by atoms with Gasteiger partial charge in [0.25, 0.3) is 0 Å². The van der Waals surface area contributed by atoms with Crippen LogP contribution >= 0.6 is 58.0 Å². The number of carbonyl (C=O) groups is 1. The molecule has 0 aliphatic rings. The number of nitrogens with two attached hydrogens (primary N) is 1. The molecule has 0 unspecified atom stereocenters. The number of hydrogen-bond acceptors (Lipinski definition) is 5. The standard InChI is InChI=1S/C14H9Cl5N2O3/c15-6-2-1-3-7(16)12(6)23-4-5-24-14(22)11-8(17)10(20)9(18)13(19)21-11/h1-3H,4-5H2,(H2,20,21). The van der Waals surface area contributed by atoms with Crippen molar-refractivity contribution in [3.8, 4) is 5.75 Å². The zero-order valence-electron chi connectivity index (χ0n) is 11.8. The van der Waals surface area contributed by atoms with Gasteiger partial charge in [-0.2, -0.15) is 0 Å². The third-order valence-corrected chi connectivity index (χ3v) is 4.48. The van der Waals surface area contributed by atoms with Crippen LogP contribution < -0.4 is 10.5 Å². The summed E-state index contributed by atoms with van der Waals surface area (Å²) in [5, 5.41) is 0.371. The normalized spacial score (nSPS) is 10.5. The maximum Gasteiger partial charge on any atom is 0.358 e. The Bertz CT molecular complexity index is 765. The summed E-state index contributed by atoms with van der Waals surface area (Å²) in [5.74, 6) is -0.522. The third-order valence-electron chi connectivity index (χ3n) is 2.75. The quantitative estimate of drug-likeness (QED) is 0.403. The second-order valence-electron chi connectivity index (χ2n) is 4.33. The monoisotopic (exact) mass is 428 g/mol. The number of halogens is 5. The maximum absolute atomic E-state index is 12.0. The van der Waals surface area contributed by atoms with Gasteiger partial charge in [0.05, 0.1) is 20.8 Å². The van der Waals surface area contributed by atoms with Gasteiger partial charge in [-0.05, 0) is 12.1 Å². The minimum absolute atomic E-state index is 0.0175. The lowest BCUT2D eigenvalue weighted by Crippen LogP contribution is -2.15. The number of nitrogen functional groups attached to an aromatic ring is 1. The van der Waals surface area contributed by atoms with Gasteiger partial charge in [-0.1, -0.05) is 64.1 Å². The molecule has 2 aromatic rings. The molecule has 1 aromatic heterocycles. The van der Waals surface area contributed by atoms with Crippen LogP contribution in [0.1, 0.15) is 10.5 Å². The molecule has 0 atom stereocenters. The van der Waals surface area contributed by atoms with Gasteiger partial charge in [-0.25, -0.2) is 9.78 Å². The number of rotatable bonds is 5. The molecule has 0 radical (unpaired) electrons. The number of aromatic nitrogens is 1. The Kier molecular flexibility index (Phi) is 6.66. The van der Waals surface area contributed by atoms with Crippen molar-refractivity contribution in [1.29, 1.82) is 0 Å². The van der Waals surface area contributed by atoms with E-state index in [4.69, 9.17) is 73.2 Å². The summed E-state index contributed by atoms with van der Waals surface area (Å²) >= 11 is 29.4. The Balaban J connectivity index is 1.97. The van der Waals surface area contributed by atoms with Crippen LogP contribution in [0.2, 0.25) is 25.2 Å². The SMILES string of the molecule is Nc1c(Cl)c(Cl)nc(C(=O)OCCOc2c(Cl)cccc2Cl)c1Cl. The van der Waals surface area contributed by atoms with Gasteiger partial charge in [0.15, 0.2) is 16.6 Å². The highest BCUT2D eigenvalue weighted by molar-refractivity contribution is 6.46. The third kappa shape index (κ3) is 4.29. The molecule has 0 amide bonds. The molecule has 128 valence electrons. The molecule has 0 aliphatic carbocycles. The molecule has 1 heterocycles. The predicted octanol–water partition coefficient (Wildman–Crippen LogP) is 5.17. The number of hydrogen-bond donors (Lipinski definition) is 1. The van der Waals surface area contributed by atoms with Gasteiger partial charge in [0.2, 0.25) is 0 Å². The fourth-order valence-corrected chi connectivity index (χ4v) is 2.73. The molecule has 0 fully saturated rings. The van der Waals surface area contributed by atoms with Crippen molar-refractivity contribution in [1.82, 2.24) is 4.98 Å². The topological polar surface area (TPSA) is 74.4 Å². The van der Waals surface area contributed by atoms with Crippen LogP contribution in [0.25, 0.3) is 0 Å². The molecule has 2 rings (SSSR count). The summed E-state index contributed by atoms with van der Waals surface area (Å²) in [4.78, 5) is 15.8. The number of ether oxygens (including phenoxy) is 2. The first-order valence-electron chi connectivity index (χ1n) is 6.36. The summed E-state index contributed by atoms with van der Waals surface area (Å²) in [6.07, 6.45) is 0. The summed E-state index contributed by atoms with van der Waals surface area (Å²) in [6, 6.07) is 4.92. The van der Waals surface area contributed by atoms with Crippen LogP contribution in [0, 0.1) is 0 Å². The van der Waals surface area contributed by atoms with Gasteiger partial charge < -0.3 is 15.2 Å². The molecule has 0 spiro atoms. The number of carbonyl (C=O) groups excluding carboxylic acids is 1. The number of nitrogens with zero attached hydrogens (tertiary/aromatic N) is 1. The van der Waals surface area contributed by atoms with Crippen LogP contribution in [0.4, 0.5) is 5.69 Å². The predicted molar refractivity (Wildman–Crippen MR) is 95.9 cm³/mol. The number of pyridine rings is 1. The molecular formula is C14H9Cl5N2O3. The van der Waals surface area contributed by atoms with Crippen LogP contribution in [0.5, 0.6) is 5.75 Å². The van der Waals surface area contributed by atoms with Gasteiger partial charge in [-0.15, -0.1) is 0 Å². The highest BCUT2D eigenvalue weighted by Gasteiger charge is 2.21. The Hall–Kier alpha value is -1.11. The highest BCUT2D eigenvalue weighted by atomic mass is 35.5. The van der Waals surface area contributed by atoms with Gasteiger partial charge in [-0.3, -0.25) is 0 Å². The first kappa shape index (κ1) is 19.2. The number of anilines is 1. The average molecular weight is 431 g/mol. The second-order valence-corrected chi connectivity index (χ2v) is 6.26. The lowest BCUT2D eigenvalue weighted by molar-refractivity contribution is 0.0444. The summed E-state index contributed by atoms with van der Waals surface area (Å²) in [7, 11) is 0. The lowest BCUT2D eigenvalue weighted by atomic mass is 10.3. The lowest BCUT2D eigenvalue weighted by Gasteiger charge is -2.11. The van der Waals surface area contributed by atoms with E-state index in [9.17, 15) is 4.79 Å². The zero-order chi connectivity index (χ0) is 17.9. The first-order valence-corrected chi connectivity index (χ1v) is 8.25. The molecule has 0 saturated carbocycles. The molecule has 24 heavy (non-hydrogen) atoms. The second kappa shape index (κ2) is 8.32. The van der Waals surface area contributed by atoms with Crippen molar-refractivity contribution < 1.29 is 14.3 Å². The fraction of sp³-hybridized carbons (Fsp3) is 0.143. The van der Waals surface area contributed by atoms with Crippen LogP contribution in [0.15, 0.2) is 18.2 Å². The van der Waals surface area contributed by atoms with E-state index >= 15 is 0 Å². The van der Waals surface area contributed by atoms with Gasteiger partial charge in [0.1, 0.15) is 18.2 Å². The average Bonchev–Trinajstić information content (AvgIpc) is 2.55. The van der Waals surface area contributed by atoms with Crippen molar-refractivity contribution in [2.75, 3.05) is 18.9 Å². The molecule has 1 aromatic carbocycles. The molecule has 5 nitrogen and oxygen atoms in total. The smallest absolute Gasteiger partial charge is 0.358 e. The Labute approximate surface area is 162 Å². The molecular weight excluding hydrogens is 421 g/mol. The molecule has 2 N–H and O–H groups in total. The number of para-hydroxylation sites is 1. The van der Waals surface area contributed by atoms with E-state index < -0.39 is 5.97 Å². The van der Waals surface area contributed by atoms with Crippen molar-refractivity contribution in [3.63, 3.8) is 0 Å². The van der Waals surface area contributed by atoms with E-state index in [0.29, 0.717) is 15.8 Å². The summed E-state index contributed by atoms with van der Waals surface area (Å²) in [5.41, 5.74) is 5.35. The van der Waals surface area contributed by atoms with Gasteiger partial charge >= 0.3 is 5.97 Å². The van der Waals surface area contributed by atoms with E-state index in [1.54, 1.807) is 18.2 Å². The minimum Gasteiger partial charge on any atom is -0.487 e. The van der Waals surface area contributed by atoms with Crippen LogP contribution in [0.3, 0.4) is 0 Å². The summed E-state index contributed by atoms with van der Waals surface area (Å²) < 4.78 is 10.4. The zero-order valence-corrected chi connectivity index (χ0v) is 15.6. The largest absolute Gasteiger partial charge is 0.487 e. The molecule has 0 bridgehead atoms. The highest BCUT2D eigenvalue weighted by Crippen LogP contribution is 2.35. The van der Waals surface area contributed by atoms with E-state index in [-0.39, 0.29) is 39.8 Å². The molecule has 0 aliphatic heterocycles. The van der Waals surface area contributed by atoms with Crippen molar-refractivity contribution in [3.05, 3.63) is 49.1 Å².